The largest absolute Gasteiger partial charge is 0.460 e. The van der Waals surface area contributed by atoms with E-state index in [4.69, 9.17) is 10.5 Å². The van der Waals surface area contributed by atoms with Gasteiger partial charge in [-0.3, -0.25) is 4.79 Å². The van der Waals surface area contributed by atoms with E-state index >= 15 is 0 Å². The Hall–Kier alpha value is -0.570. The molecule has 3 heteroatoms. The Morgan fingerprint density at radius 3 is 2.44 bits per heavy atom. The fourth-order valence-electron chi connectivity index (χ4n) is 2.66. The van der Waals surface area contributed by atoms with Crippen molar-refractivity contribution in [3.8, 4) is 0 Å². The van der Waals surface area contributed by atoms with Crippen LogP contribution in [0, 0.1) is 11.3 Å². The molecule has 0 aromatic carbocycles. The molecule has 16 heavy (non-hydrogen) atoms. The standard InChI is InChI=1S/C13H23NO2/c1-12(2,3)16-11(15)9-8-13(6-7-13)5-4-10(9)14/h9-10H,4-8,14H2,1-3H3/t9-,10+/m1/s1. The third-order valence-corrected chi connectivity index (χ3v) is 3.84. The third-order valence-electron chi connectivity index (χ3n) is 3.84. The van der Waals surface area contributed by atoms with Crippen molar-refractivity contribution >= 4 is 5.97 Å². The second-order valence-electron chi connectivity index (χ2n) is 6.55. The van der Waals surface area contributed by atoms with Gasteiger partial charge >= 0.3 is 5.97 Å². The van der Waals surface area contributed by atoms with Crippen LogP contribution in [0.2, 0.25) is 0 Å². The van der Waals surface area contributed by atoms with Crippen LogP contribution in [0.3, 0.4) is 0 Å². The Bertz CT molecular complexity index is 289. The van der Waals surface area contributed by atoms with E-state index in [1.54, 1.807) is 0 Å². The first-order chi connectivity index (χ1) is 7.31. The van der Waals surface area contributed by atoms with E-state index in [1.165, 1.54) is 19.3 Å². The molecule has 92 valence electrons. The molecule has 2 aliphatic rings. The van der Waals surface area contributed by atoms with Crippen molar-refractivity contribution in [3.63, 3.8) is 0 Å². The minimum absolute atomic E-state index is 0.000995. The Kier molecular flexibility index (Phi) is 2.77. The van der Waals surface area contributed by atoms with E-state index < -0.39 is 5.60 Å². The molecule has 2 saturated carbocycles. The van der Waals surface area contributed by atoms with Crippen LogP contribution in [0.15, 0.2) is 0 Å². The van der Waals surface area contributed by atoms with Crippen molar-refractivity contribution in [2.75, 3.05) is 0 Å². The van der Waals surface area contributed by atoms with Gasteiger partial charge in [0, 0.05) is 6.04 Å². The van der Waals surface area contributed by atoms with Gasteiger partial charge in [-0.15, -0.1) is 0 Å². The molecule has 2 aliphatic carbocycles. The van der Waals surface area contributed by atoms with Gasteiger partial charge in [0.2, 0.25) is 0 Å². The smallest absolute Gasteiger partial charge is 0.311 e. The lowest BCUT2D eigenvalue weighted by atomic mass is 9.76. The fraction of sp³-hybridized carbons (Fsp3) is 0.923. The Labute approximate surface area is 97.7 Å². The van der Waals surface area contributed by atoms with Crippen molar-refractivity contribution in [2.45, 2.75) is 64.5 Å². The Morgan fingerprint density at radius 2 is 1.94 bits per heavy atom. The van der Waals surface area contributed by atoms with Gasteiger partial charge < -0.3 is 10.5 Å². The van der Waals surface area contributed by atoms with Crippen LogP contribution in [0.25, 0.3) is 0 Å². The first-order valence-electron chi connectivity index (χ1n) is 6.30. The molecule has 0 amide bonds. The molecule has 0 heterocycles. The van der Waals surface area contributed by atoms with Gasteiger partial charge in [-0.2, -0.15) is 0 Å². The number of esters is 1. The maximum Gasteiger partial charge on any atom is 0.311 e. The average molecular weight is 225 g/mol. The van der Waals surface area contributed by atoms with E-state index in [0.29, 0.717) is 5.41 Å². The quantitative estimate of drug-likeness (QED) is 0.696. The lowest BCUT2D eigenvalue weighted by Gasteiger charge is -2.34. The normalized spacial score (nSPS) is 32.5. The highest BCUT2D eigenvalue weighted by Gasteiger charge is 2.50. The fourth-order valence-corrected chi connectivity index (χ4v) is 2.66. The third kappa shape index (κ3) is 2.57. The van der Waals surface area contributed by atoms with Crippen LogP contribution in [-0.4, -0.2) is 17.6 Å². The van der Waals surface area contributed by atoms with Crippen molar-refractivity contribution in [1.29, 1.82) is 0 Å². The van der Waals surface area contributed by atoms with Crippen LogP contribution in [-0.2, 0) is 9.53 Å². The summed E-state index contributed by atoms with van der Waals surface area (Å²) in [6.07, 6.45) is 5.68. The molecule has 0 radical (unpaired) electrons. The highest BCUT2D eigenvalue weighted by atomic mass is 16.6. The molecule has 0 aromatic heterocycles. The average Bonchev–Trinajstić information content (AvgIpc) is 2.87. The molecule has 3 nitrogen and oxygen atoms in total. The van der Waals surface area contributed by atoms with Crippen LogP contribution < -0.4 is 5.73 Å². The molecular formula is C13H23NO2. The Balaban J connectivity index is 1.98. The van der Waals surface area contributed by atoms with Gasteiger partial charge in [0.25, 0.3) is 0 Å². The van der Waals surface area contributed by atoms with Crippen LogP contribution in [0.4, 0.5) is 0 Å². The summed E-state index contributed by atoms with van der Waals surface area (Å²) < 4.78 is 5.45. The summed E-state index contributed by atoms with van der Waals surface area (Å²) in [5.74, 6) is -0.165. The molecule has 0 unspecified atom stereocenters. The summed E-state index contributed by atoms with van der Waals surface area (Å²) in [5, 5.41) is 0. The lowest BCUT2D eigenvalue weighted by molar-refractivity contribution is -0.162. The monoisotopic (exact) mass is 225 g/mol. The first kappa shape index (κ1) is 11.9. The maximum atomic E-state index is 12.0. The minimum atomic E-state index is -0.398. The zero-order valence-corrected chi connectivity index (χ0v) is 10.6. The van der Waals surface area contributed by atoms with Gasteiger partial charge in [-0.05, 0) is 58.3 Å². The molecule has 0 saturated heterocycles. The summed E-state index contributed by atoms with van der Waals surface area (Å²) in [7, 11) is 0. The second kappa shape index (κ2) is 3.73. The minimum Gasteiger partial charge on any atom is -0.460 e. The molecule has 0 bridgehead atoms. The zero-order valence-electron chi connectivity index (χ0n) is 10.6. The van der Waals surface area contributed by atoms with Crippen molar-refractivity contribution < 1.29 is 9.53 Å². The topological polar surface area (TPSA) is 52.3 Å². The first-order valence-corrected chi connectivity index (χ1v) is 6.30. The molecule has 2 rings (SSSR count). The highest BCUT2D eigenvalue weighted by Crippen LogP contribution is 2.57. The number of hydrogen-bond donors (Lipinski definition) is 1. The predicted octanol–water partition coefficient (Wildman–Crippen LogP) is 2.24. The number of rotatable bonds is 1. The maximum absolute atomic E-state index is 12.0. The molecule has 2 N–H and O–H groups in total. The van der Waals surface area contributed by atoms with Gasteiger partial charge in [0.05, 0.1) is 5.92 Å². The van der Waals surface area contributed by atoms with Crippen LogP contribution in [0.1, 0.15) is 52.9 Å². The number of carbonyl (C=O) groups excluding carboxylic acids is 1. The van der Waals surface area contributed by atoms with E-state index in [0.717, 1.165) is 12.8 Å². The zero-order chi connectivity index (χ0) is 12.0. The van der Waals surface area contributed by atoms with E-state index in [-0.39, 0.29) is 17.9 Å². The molecule has 2 fully saturated rings. The number of hydrogen-bond acceptors (Lipinski definition) is 3. The molecule has 1 spiro atoms. The highest BCUT2D eigenvalue weighted by molar-refractivity contribution is 5.74. The molecule has 0 aliphatic heterocycles. The van der Waals surface area contributed by atoms with Gasteiger partial charge in [0.1, 0.15) is 5.60 Å². The molecule has 0 aromatic rings. The van der Waals surface area contributed by atoms with Crippen molar-refractivity contribution in [2.24, 2.45) is 17.1 Å². The van der Waals surface area contributed by atoms with E-state index in [1.807, 2.05) is 20.8 Å². The van der Waals surface area contributed by atoms with Gasteiger partial charge in [0.15, 0.2) is 0 Å². The van der Waals surface area contributed by atoms with Crippen LogP contribution in [0.5, 0.6) is 0 Å². The van der Waals surface area contributed by atoms with Crippen molar-refractivity contribution in [3.05, 3.63) is 0 Å². The summed E-state index contributed by atoms with van der Waals surface area (Å²) in [6.45, 7) is 5.73. The van der Waals surface area contributed by atoms with E-state index in [2.05, 4.69) is 0 Å². The van der Waals surface area contributed by atoms with Crippen molar-refractivity contribution in [1.82, 2.24) is 0 Å². The van der Waals surface area contributed by atoms with Gasteiger partial charge in [-0.1, -0.05) is 0 Å². The lowest BCUT2D eigenvalue weighted by Crippen LogP contribution is -2.43. The van der Waals surface area contributed by atoms with Gasteiger partial charge in [-0.25, -0.2) is 0 Å². The van der Waals surface area contributed by atoms with Crippen LogP contribution >= 0.6 is 0 Å². The summed E-state index contributed by atoms with van der Waals surface area (Å²) in [6, 6.07) is 0.000995. The number of ether oxygens (including phenoxy) is 1. The SMILES string of the molecule is CC(C)(C)OC(=O)[C@@H]1CC2(CC[C@@H]1N)CC2. The summed E-state index contributed by atoms with van der Waals surface area (Å²) >= 11 is 0. The van der Waals surface area contributed by atoms with E-state index in [9.17, 15) is 4.79 Å². The number of nitrogens with two attached hydrogens (primary N) is 1. The number of carbonyl (C=O) groups is 1. The predicted molar refractivity (Wildman–Crippen MR) is 62.8 cm³/mol. The molecule has 2 atom stereocenters. The summed E-state index contributed by atoms with van der Waals surface area (Å²) in [4.78, 5) is 12.0. The summed E-state index contributed by atoms with van der Waals surface area (Å²) in [5.41, 5.74) is 6.10. The second-order valence-corrected chi connectivity index (χ2v) is 6.55. The Morgan fingerprint density at radius 1 is 1.31 bits per heavy atom. The molecular weight excluding hydrogens is 202 g/mol.